The van der Waals surface area contributed by atoms with Crippen molar-refractivity contribution in [1.82, 2.24) is 9.78 Å². The molecule has 0 aliphatic heterocycles. The highest BCUT2D eigenvalue weighted by molar-refractivity contribution is 5.87. The summed E-state index contributed by atoms with van der Waals surface area (Å²) in [7, 11) is 1.62. The molecule has 0 atom stereocenters. The Labute approximate surface area is 140 Å². The zero-order valence-corrected chi connectivity index (χ0v) is 13.6. The van der Waals surface area contributed by atoms with Gasteiger partial charge in [0.25, 0.3) is 0 Å². The Morgan fingerprint density at radius 3 is 2.38 bits per heavy atom. The predicted octanol–water partition coefficient (Wildman–Crippen LogP) is 3.61. The van der Waals surface area contributed by atoms with E-state index in [-0.39, 0.29) is 5.69 Å². The van der Waals surface area contributed by atoms with Crippen molar-refractivity contribution >= 4 is 5.97 Å². The van der Waals surface area contributed by atoms with E-state index in [2.05, 4.69) is 5.10 Å². The maximum absolute atomic E-state index is 11.3. The first-order valence-electron chi connectivity index (χ1n) is 7.58. The van der Waals surface area contributed by atoms with Gasteiger partial charge < -0.3 is 9.84 Å². The van der Waals surface area contributed by atoms with Crippen LogP contribution in [0.5, 0.6) is 5.75 Å². The second-order valence-corrected chi connectivity index (χ2v) is 5.59. The Bertz CT molecular complexity index is 849. The standard InChI is InChI=1S/C19H18N2O3/c1-13-3-7-15(8-4-13)18-11-17(19(22)23)20-21(18)12-14-5-9-16(24-2)10-6-14/h3-11H,12H2,1-2H3,(H,22,23). The van der Waals surface area contributed by atoms with Crippen LogP contribution in [0.2, 0.25) is 0 Å². The van der Waals surface area contributed by atoms with Crippen LogP contribution in [-0.2, 0) is 6.54 Å². The van der Waals surface area contributed by atoms with Crippen LogP contribution in [0.1, 0.15) is 21.6 Å². The van der Waals surface area contributed by atoms with Crippen molar-refractivity contribution in [2.75, 3.05) is 7.11 Å². The van der Waals surface area contributed by atoms with E-state index in [9.17, 15) is 9.90 Å². The maximum atomic E-state index is 11.3. The van der Waals surface area contributed by atoms with E-state index in [0.717, 1.165) is 28.1 Å². The van der Waals surface area contributed by atoms with Gasteiger partial charge >= 0.3 is 5.97 Å². The number of ether oxygens (including phenoxy) is 1. The van der Waals surface area contributed by atoms with Gasteiger partial charge in [0.15, 0.2) is 5.69 Å². The molecule has 1 aromatic heterocycles. The zero-order valence-electron chi connectivity index (χ0n) is 13.6. The third kappa shape index (κ3) is 3.30. The first-order valence-corrected chi connectivity index (χ1v) is 7.58. The van der Waals surface area contributed by atoms with Crippen molar-refractivity contribution in [3.05, 3.63) is 71.4 Å². The topological polar surface area (TPSA) is 64.4 Å². The van der Waals surface area contributed by atoms with Crippen LogP contribution in [0, 0.1) is 6.92 Å². The molecule has 3 rings (SSSR count). The molecular formula is C19H18N2O3. The van der Waals surface area contributed by atoms with Crippen molar-refractivity contribution in [1.29, 1.82) is 0 Å². The summed E-state index contributed by atoms with van der Waals surface area (Å²) in [6.07, 6.45) is 0. The van der Waals surface area contributed by atoms with Crippen molar-refractivity contribution in [3.8, 4) is 17.0 Å². The minimum Gasteiger partial charge on any atom is -0.497 e. The third-order valence-electron chi connectivity index (χ3n) is 3.84. The molecule has 0 aliphatic rings. The molecule has 24 heavy (non-hydrogen) atoms. The smallest absolute Gasteiger partial charge is 0.356 e. The van der Waals surface area contributed by atoms with Gasteiger partial charge in [0, 0.05) is 0 Å². The molecule has 1 N–H and O–H groups in total. The molecule has 5 heteroatoms. The van der Waals surface area contributed by atoms with Crippen LogP contribution in [0.25, 0.3) is 11.3 Å². The Morgan fingerprint density at radius 2 is 1.79 bits per heavy atom. The number of carboxylic acids is 1. The number of aromatic carboxylic acids is 1. The van der Waals surface area contributed by atoms with Gasteiger partial charge in [-0.25, -0.2) is 4.79 Å². The third-order valence-corrected chi connectivity index (χ3v) is 3.84. The van der Waals surface area contributed by atoms with E-state index < -0.39 is 5.97 Å². The summed E-state index contributed by atoms with van der Waals surface area (Å²) < 4.78 is 6.88. The number of benzene rings is 2. The lowest BCUT2D eigenvalue weighted by atomic mass is 10.1. The molecule has 0 saturated carbocycles. The number of carbonyl (C=O) groups is 1. The monoisotopic (exact) mass is 322 g/mol. The van der Waals surface area contributed by atoms with Crippen molar-refractivity contribution in [2.45, 2.75) is 13.5 Å². The molecule has 5 nitrogen and oxygen atoms in total. The lowest BCUT2D eigenvalue weighted by molar-refractivity contribution is 0.0689. The first-order chi connectivity index (χ1) is 11.6. The summed E-state index contributed by atoms with van der Waals surface area (Å²) in [6, 6.07) is 17.2. The highest BCUT2D eigenvalue weighted by Gasteiger charge is 2.15. The summed E-state index contributed by atoms with van der Waals surface area (Å²) in [5.74, 6) is -0.249. The SMILES string of the molecule is COc1ccc(Cn2nc(C(=O)O)cc2-c2ccc(C)cc2)cc1. The summed E-state index contributed by atoms with van der Waals surface area (Å²) in [4.78, 5) is 11.3. The Kier molecular flexibility index (Phi) is 4.33. The fourth-order valence-electron chi connectivity index (χ4n) is 2.50. The van der Waals surface area contributed by atoms with Crippen LogP contribution >= 0.6 is 0 Å². The number of methoxy groups -OCH3 is 1. The fourth-order valence-corrected chi connectivity index (χ4v) is 2.50. The van der Waals surface area contributed by atoms with Crippen LogP contribution in [0.4, 0.5) is 0 Å². The number of carboxylic acid groups (broad SMARTS) is 1. The number of nitrogens with zero attached hydrogens (tertiary/aromatic N) is 2. The minimum absolute atomic E-state index is 0.0408. The molecule has 0 unspecified atom stereocenters. The molecule has 0 fully saturated rings. The average molecular weight is 322 g/mol. The molecule has 0 amide bonds. The summed E-state index contributed by atoms with van der Waals surface area (Å²) >= 11 is 0. The maximum Gasteiger partial charge on any atom is 0.356 e. The first kappa shape index (κ1) is 15.8. The molecule has 122 valence electrons. The van der Waals surface area contributed by atoms with E-state index in [1.807, 2.05) is 55.5 Å². The zero-order chi connectivity index (χ0) is 17.1. The quantitative estimate of drug-likeness (QED) is 0.779. The molecule has 3 aromatic rings. The predicted molar refractivity (Wildman–Crippen MR) is 91.5 cm³/mol. The number of aryl methyl sites for hydroxylation is 1. The molecule has 0 radical (unpaired) electrons. The molecular weight excluding hydrogens is 304 g/mol. The molecule has 0 saturated heterocycles. The highest BCUT2D eigenvalue weighted by atomic mass is 16.5. The minimum atomic E-state index is -1.03. The molecule has 0 bridgehead atoms. The normalized spacial score (nSPS) is 10.6. The Morgan fingerprint density at radius 1 is 1.12 bits per heavy atom. The van der Waals surface area contributed by atoms with Crippen LogP contribution in [-0.4, -0.2) is 28.0 Å². The summed E-state index contributed by atoms with van der Waals surface area (Å²) in [5.41, 5.74) is 3.93. The van der Waals surface area contributed by atoms with Crippen molar-refractivity contribution < 1.29 is 14.6 Å². The van der Waals surface area contributed by atoms with Crippen LogP contribution < -0.4 is 4.74 Å². The van der Waals surface area contributed by atoms with Gasteiger partial charge in [-0.2, -0.15) is 5.10 Å². The number of aromatic nitrogens is 2. The van der Waals surface area contributed by atoms with Gasteiger partial charge in [0.2, 0.25) is 0 Å². The number of hydrogen-bond acceptors (Lipinski definition) is 3. The second-order valence-electron chi connectivity index (χ2n) is 5.59. The van der Waals surface area contributed by atoms with Crippen LogP contribution in [0.15, 0.2) is 54.6 Å². The van der Waals surface area contributed by atoms with Gasteiger partial charge in [0.05, 0.1) is 19.3 Å². The molecule has 2 aromatic carbocycles. The van der Waals surface area contributed by atoms with E-state index in [1.165, 1.54) is 0 Å². The van der Waals surface area contributed by atoms with Crippen LogP contribution in [0.3, 0.4) is 0 Å². The average Bonchev–Trinajstić information content (AvgIpc) is 3.00. The van der Waals surface area contributed by atoms with E-state index in [4.69, 9.17) is 4.74 Å². The fraction of sp³-hybridized carbons (Fsp3) is 0.158. The van der Waals surface area contributed by atoms with E-state index in [0.29, 0.717) is 6.54 Å². The number of hydrogen-bond donors (Lipinski definition) is 1. The number of rotatable bonds is 5. The largest absolute Gasteiger partial charge is 0.497 e. The van der Waals surface area contributed by atoms with E-state index >= 15 is 0 Å². The van der Waals surface area contributed by atoms with Gasteiger partial charge in [0.1, 0.15) is 5.75 Å². The molecule has 1 heterocycles. The lowest BCUT2D eigenvalue weighted by Crippen LogP contribution is -2.06. The summed E-state index contributed by atoms with van der Waals surface area (Å²) in [6.45, 7) is 2.50. The van der Waals surface area contributed by atoms with E-state index in [1.54, 1.807) is 17.9 Å². The summed E-state index contributed by atoms with van der Waals surface area (Å²) in [5, 5.41) is 13.5. The Hall–Kier alpha value is -3.08. The van der Waals surface area contributed by atoms with Gasteiger partial charge in [-0.1, -0.05) is 42.0 Å². The highest BCUT2D eigenvalue weighted by Crippen LogP contribution is 2.23. The Balaban J connectivity index is 1.98. The van der Waals surface area contributed by atoms with Gasteiger partial charge in [-0.3, -0.25) is 4.68 Å². The molecule has 0 aliphatic carbocycles. The van der Waals surface area contributed by atoms with Crippen molar-refractivity contribution in [3.63, 3.8) is 0 Å². The van der Waals surface area contributed by atoms with Gasteiger partial charge in [-0.15, -0.1) is 0 Å². The lowest BCUT2D eigenvalue weighted by Gasteiger charge is -2.09. The molecule has 0 spiro atoms. The second kappa shape index (κ2) is 6.58. The van der Waals surface area contributed by atoms with Gasteiger partial charge in [-0.05, 0) is 36.2 Å². The van der Waals surface area contributed by atoms with Crippen molar-refractivity contribution in [2.24, 2.45) is 0 Å².